The molecule has 8 nitrogen and oxygen atoms in total. The Kier molecular flexibility index (Phi) is 7.03. The van der Waals surface area contributed by atoms with Crippen LogP contribution in [0.25, 0.3) is 11.0 Å². The molecule has 4 aromatic rings. The number of ketones is 1. The van der Waals surface area contributed by atoms with E-state index in [1.54, 1.807) is 38.3 Å². The molecule has 0 saturated carbocycles. The summed E-state index contributed by atoms with van der Waals surface area (Å²) in [5.74, 6) is 0.881. The van der Waals surface area contributed by atoms with Crippen molar-refractivity contribution in [2.75, 3.05) is 18.6 Å². The Morgan fingerprint density at radius 1 is 1.13 bits per heavy atom. The predicted molar refractivity (Wildman–Crippen MR) is 151 cm³/mol. The van der Waals surface area contributed by atoms with Gasteiger partial charge in [0.2, 0.25) is 5.76 Å². The number of anilines is 1. The zero-order valence-corrected chi connectivity index (χ0v) is 23.6. The molecule has 0 fully saturated rings. The van der Waals surface area contributed by atoms with Crippen LogP contribution in [0.2, 0.25) is 0 Å². The third-order valence-corrected chi connectivity index (χ3v) is 8.05. The lowest BCUT2D eigenvalue weighted by Crippen LogP contribution is -2.29. The van der Waals surface area contributed by atoms with Crippen LogP contribution in [0.1, 0.15) is 75.8 Å². The summed E-state index contributed by atoms with van der Waals surface area (Å²) >= 11 is 1.12. The van der Waals surface area contributed by atoms with E-state index in [4.69, 9.17) is 13.9 Å². The number of thiazole rings is 1. The van der Waals surface area contributed by atoms with E-state index in [0.29, 0.717) is 56.3 Å². The third kappa shape index (κ3) is 4.71. The maximum absolute atomic E-state index is 13.9. The van der Waals surface area contributed by atoms with Crippen LogP contribution < -0.4 is 19.8 Å². The van der Waals surface area contributed by atoms with Gasteiger partial charge in [-0.2, -0.15) is 0 Å². The molecule has 1 aliphatic heterocycles. The highest BCUT2D eigenvalue weighted by atomic mass is 32.1. The SMILES string of the molecule is COc1cc(C2c3c(oc4ccc(C)cc4c3=O)C(=O)N2c2nc(C)c(C(C)=O)s2)ccc1OCCC(C)C. The molecule has 0 N–H and O–H groups in total. The average molecular weight is 547 g/mol. The number of nitrogens with zero attached hydrogens (tertiary/aromatic N) is 2. The van der Waals surface area contributed by atoms with Gasteiger partial charge < -0.3 is 13.9 Å². The van der Waals surface area contributed by atoms with Crippen LogP contribution in [0.4, 0.5) is 5.13 Å². The van der Waals surface area contributed by atoms with Gasteiger partial charge in [-0.3, -0.25) is 19.3 Å². The molecule has 9 heteroatoms. The fraction of sp³-hybridized carbons (Fsp3) is 0.333. The lowest BCUT2D eigenvalue weighted by atomic mass is 9.98. The van der Waals surface area contributed by atoms with Crippen molar-refractivity contribution in [3.05, 3.63) is 79.6 Å². The van der Waals surface area contributed by atoms with E-state index in [9.17, 15) is 14.4 Å². The fourth-order valence-corrected chi connectivity index (χ4v) is 5.78. The third-order valence-electron chi connectivity index (χ3n) is 6.79. The largest absolute Gasteiger partial charge is 0.493 e. The van der Waals surface area contributed by atoms with Crippen LogP contribution >= 0.6 is 11.3 Å². The van der Waals surface area contributed by atoms with Crippen LogP contribution in [-0.2, 0) is 0 Å². The number of carbonyl (C=O) groups excluding carboxylic acids is 2. The molecule has 1 aliphatic rings. The summed E-state index contributed by atoms with van der Waals surface area (Å²) in [6.07, 6.45) is 0.888. The molecular formula is C30H30N2O6S. The molecule has 5 rings (SSSR count). The molecule has 2 aromatic heterocycles. The molecule has 1 atom stereocenters. The number of Topliss-reactive ketones (excluding diaryl/α,β-unsaturated/α-hetero) is 1. The first-order valence-corrected chi connectivity index (χ1v) is 13.6. The summed E-state index contributed by atoms with van der Waals surface area (Å²) in [7, 11) is 1.55. The number of aryl methyl sites for hydroxylation is 2. The standard InChI is InChI=1S/C30H30N2O6S/c1-15(2)11-12-37-22-10-8-19(14-23(22)36-6)25-24-26(34)20-13-16(3)7-9-21(20)38-27(24)29(35)32(25)30-31-17(4)28(39-30)18(5)33/h7-10,13-15,25H,11-12H2,1-6H3. The Hall–Kier alpha value is -3.98. The zero-order chi connectivity index (χ0) is 28.0. The Morgan fingerprint density at radius 3 is 2.56 bits per heavy atom. The van der Waals surface area contributed by atoms with Gasteiger partial charge >= 0.3 is 0 Å². The van der Waals surface area contributed by atoms with E-state index in [1.807, 2.05) is 19.1 Å². The van der Waals surface area contributed by atoms with Gasteiger partial charge in [0.05, 0.1) is 41.3 Å². The number of methoxy groups -OCH3 is 1. The first-order valence-electron chi connectivity index (χ1n) is 12.8. The number of carbonyl (C=O) groups is 2. The summed E-state index contributed by atoms with van der Waals surface area (Å²) < 4.78 is 17.7. The predicted octanol–water partition coefficient (Wildman–Crippen LogP) is 6.25. The number of fused-ring (bicyclic) bond motifs is 2. The fourth-order valence-electron chi connectivity index (χ4n) is 4.79. The van der Waals surface area contributed by atoms with Gasteiger partial charge in [-0.15, -0.1) is 0 Å². The number of ether oxygens (including phenoxy) is 2. The summed E-state index contributed by atoms with van der Waals surface area (Å²) in [5, 5.41) is 0.712. The van der Waals surface area contributed by atoms with Crippen molar-refractivity contribution in [3.63, 3.8) is 0 Å². The quantitative estimate of drug-likeness (QED) is 0.241. The Labute approximate surface area is 230 Å². The molecule has 0 saturated heterocycles. The summed E-state index contributed by atoms with van der Waals surface area (Å²) in [4.78, 5) is 46.5. The number of benzene rings is 2. The van der Waals surface area contributed by atoms with Crippen LogP contribution in [0.5, 0.6) is 11.5 Å². The van der Waals surface area contributed by atoms with E-state index in [2.05, 4.69) is 18.8 Å². The molecule has 2 aromatic carbocycles. The summed E-state index contributed by atoms with van der Waals surface area (Å²) in [6, 6.07) is 9.84. The number of hydrogen-bond donors (Lipinski definition) is 0. The van der Waals surface area contributed by atoms with Gasteiger partial charge in [0.1, 0.15) is 5.58 Å². The van der Waals surface area contributed by atoms with Gasteiger partial charge in [0.15, 0.2) is 27.8 Å². The van der Waals surface area contributed by atoms with Crippen molar-refractivity contribution in [1.82, 2.24) is 4.98 Å². The summed E-state index contributed by atoms with van der Waals surface area (Å²) in [5.41, 5.74) is 2.34. The van der Waals surface area contributed by atoms with E-state index in [0.717, 1.165) is 23.3 Å². The Balaban J connectivity index is 1.70. The average Bonchev–Trinajstić information content (AvgIpc) is 3.42. The van der Waals surface area contributed by atoms with Gasteiger partial charge in [-0.05, 0) is 56.0 Å². The lowest BCUT2D eigenvalue weighted by Gasteiger charge is -2.23. The van der Waals surface area contributed by atoms with E-state index < -0.39 is 11.9 Å². The molecule has 0 radical (unpaired) electrons. The minimum absolute atomic E-state index is 0.0326. The molecule has 39 heavy (non-hydrogen) atoms. The monoisotopic (exact) mass is 546 g/mol. The van der Waals surface area contributed by atoms with Crippen molar-refractivity contribution in [3.8, 4) is 11.5 Å². The first-order chi connectivity index (χ1) is 18.6. The lowest BCUT2D eigenvalue weighted by molar-refractivity contribution is 0.0969. The van der Waals surface area contributed by atoms with Crippen molar-refractivity contribution < 1.29 is 23.5 Å². The van der Waals surface area contributed by atoms with E-state index >= 15 is 0 Å². The highest BCUT2D eigenvalue weighted by molar-refractivity contribution is 7.17. The second-order valence-electron chi connectivity index (χ2n) is 10.2. The van der Waals surface area contributed by atoms with Gasteiger partial charge in [-0.25, -0.2) is 4.98 Å². The molecule has 3 heterocycles. The van der Waals surface area contributed by atoms with Crippen LogP contribution in [0.15, 0.2) is 45.6 Å². The van der Waals surface area contributed by atoms with Crippen molar-refractivity contribution in [2.45, 2.75) is 47.1 Å². The van der Waals surface area contributed by atoms with Crippen molar-refractivity contribution in [2.24, 2.45) is 5.92 Å². The number of amides is 1. The first kappa shape index (κ1) is 26.6. The van der Waals surface area contributed by atoms with Crippen LogP contribution in [0.3, 0.4) is 0 Å². The molecule has 1 unspecified atom stereocenters. The Bertz CT molecular complexity index is 1670. The minimum atomic E-state index is -0.836. The molecule has 0 bridgehead atoms. The minimum Gasteiger partial charge on any atom is -0.493 e. The number of rotatable bonds is 8. The second-order valence-corrected chi connectivity index (χ2v) is 11.1. The maximum Gasteiger partial charge on any atom is 0.297 e. The molecule has 202 valence electrons. The molecule has 0 aliphatic carbocycles. The van der Waals surface area contributed by atoms with Gasteiger partial charge in [0.25, 0.3) is 5.91 Å². The van der Waals surface area contributed by atoms with Crippen molar-refractivity contribution in [1.29, 1.82) is 0 Å². The normalized spacial score (nSPS) is 14.8. The Morgan fingerprint density at radius 2 is 1.90 bits per heavy atom. The highest BCUT2D eigenvalue weighted by Crippen LogP contribution is 2.44. The van der Waals surface area contributed by atoms with Gasteiger partial charge in [0, 0.05) is 6.92 Å². The molecular weight excluding hydrogens is 516 g/mol. The van der Waals surface area contributed by atoms with E-state index in [-0.39, 0.29) is 22.5 Å². The number of hydrogen-bond acceptors (Lipinski definition) is 8. The van der Waals surface area contributed by atoms with Gasteiger partial charge in [-0.1, -0.05) is 42.9 Å². The molecule has 1 amide bonds. The van der Waals surface area contributed by atoms with Crippen LogP contribution in [-0.4, -0.2) is 30.4 Å². The number of aromatic nitrogens is 1. The zero-order valence-electron chi connectivity index (χ0n) is 22.8. The van der Waals surface area contributed by atoms with Crippen molar-refractivity contribution >= 4 is 39.1 Å². The van der Waals surface area contributed by atoms with E-state index in [1.165, 1.54) is 11.8 Å². The second kappa shape index (κ2) is 10.3. The maximum atomic E-state index is 13.9. The topological polar surface area (TPSA) is 98.9 Å². The molecule has 0 spiro atoms. The smallest absolute Gasteiger partial charge is 0.297 e. The summed E-state index contributed by atoms with van der Waals surface area (Å²) in [6.45, 7) is 9.87. The highest BCUT2D eigenvalue weighted by Gasteiger charge is 2.45. The van der Waals surface area contributed by atoms with Crippen LogP contribution in [0, 0.1) is 19.8 Å².